The minimum atomic E-state index is 0.0807. The van der Waals surface area contributed by atoms with Crippen LogP contribution in [-0.2, 0) is 4.79 Å². The molecular weight excluding hydrogens is 200 g/mol. The van der Waals surface area contributed by atoms with Crippen LogP contribution in [0.2, 0.25) is 0 Å². The van der Waals surface area contributed by atoms with Gasteiger partial charge in [-0.2, -0.15) is 0 Å². The van der Waals surface area contributed by atoms with Crippen molar-refractivity contribution in [1.29, 1.82) is 0 Å². The lowest BCUT2D eigenvalue weighted by Gasteiger charge is -2.35. The molecule has 0 bridgehead atoms. The number of likely N-dealkylation sites (tertiary alicyclic amines) is 1. The fourth-order valence-electron chi connectivity index (χ4n) is 3.10. The van der Waals surface area contributed by atoms with E-state index in [0.29, 0.717) is 17.7 Å². The van der Waals surface area contributed by atoms with Gasteiger partial charge in [0.05, 0.1) is 5.92 Å². The van der Waals surface area contributed by atoms with E-state index in [1.54, 1.807) is 0 Å². The second-order valence-corrected chi connectivity index (χ2v) is 5.77. The molecule has 4 unspecified atom stereocenters. The van der Waals surface area contributed by atoms with Crippen LogP contribution in [0.15, 0.2) is 0 Å². The van der Waals surface area contributed by atoms with Crippen LogP contribution in [0.1, 0.15) is 39.5 Å². The van der Waals surface area contributed by atoms with Crippen molar-refractivity contribution in [3.05, 3.63) is 0 Å². The van der Waals surface area contributed by atoms with Crippen molar-refractivity contribution in [2.45, 2.75) is 45.6 Å². The molecular formula is C13H24N2O. The smallest absolute Gasteiger partial charge is 0.227 e. The van der Waals surface area contributed by atoms with E-state index in [-0.39, 0.29) is 12.0 Å². The maximum absolute atomic E-state index is 12.3. The Labute approximate surface area is 98.4 Å². The summed E-state index contributed by atoms with van der Waals surface area (Å²) in [4.78, 5) is 14.4. The molecule has 16 heavy (non-hydrogen) atoms. The first-order chi connectivity index (χ1) is 7.59. The molecule has 0 radical (unpaired) electrons. The number of nitrogens with zero attached hydrogens (tertiary/aromatic N) is 1. The minimum absolute atomic E-state index is 0.0807. The third-order valence-electron chi connectivity index (χ3n) is 4.35. The van der Waals surface area contributed by atoms with E-state index in [0.717, 1.165) is 32.4 Å². The topological polar surface area (TPSA) is 46.3 Å². The summed E-state index contributed by atoms with van der Waals surface area (Å²) in [5, 5.41) is 0. The first-order valence-corrected chi connectivity index (χ1v) is 6.64. The van der Waals surface area contributed by atoms with Crippen LogP contribution in [0, 0.1) is 17.8 Å². The average molecular weight is 224 g/mol. The van der Waals surface area contributed by atoms with Gasteiger partial charge in [-0.3, -0.25) is 4.79 Å². The van der Waals surface area contributed by atoms with Gasteiger partial charge in [-0.05, 0) is 31.1 Å². The molecule has 92 valence electrons. The standard InChI is InChI=1S/C13H24N2O/c1-9-6-7-15(8-9)13(16)11-5-3-4-10(2)12(11)14/h9-12H,3-8,14H2,1-2H3. The number of carbonyl (C=O) groups excluding carboxylic acids is 1. The van der Waals surface area contributed by atoms with Crippen molar-refractivity contribution in [3.63, 3.8) is 0 Å². The lowest BCUT2D eigenvalue weighted by atomic mass is 9.77. The summed E-state index contributed by atoms with van der Waals surface area (Å²) in [5.74, 6) is 1.58. The fourth-order valence-corrected chi connectivity index (χ4v) is 3.10. The Kier molecular flexibility index (Phi) is 3.53. The first kappa shape index (κ1) is 11.9. The molecule has 2 rings (SSSR count). The normalized spacial score (nSPS) is 40.1. The van der Waals surface area contributed by atoms with Crippen LogP contribution in [0.25, 0.3) is 0 Å². The summed E-state index contributed by atoms with van der Waals surface area (Å²) in [6, 6.07) is 0.0807. The van der Waals surface area contributed by atoms with Crippen molar-refractivity contribution in [2.24, 2.45) is 23.5 Å². The monoisotopic (exact) mass is 224 g/mol. The summed E-state index contributed by atoms with van der Waals surface area (Å²) in [6.45, 7) is 6.28. The molecule has 3 nitrogen and oxygen atoms in total. The number of amides is 1. The molecule has 0 spiro atoms. The van der Waals surface area contributed by atoms with Crippen molar-refractivity contribution in [1.82, 2.24) is 4.90 Å². The van der Waals surface area contributed by atoms with Gasteiger partial charge in [0.1, 0.15) is 0 Å². The van der Waals surface area contributed by atoms with Gasteiger partial charge < -0.3 is 10.6 Å². The molecule has 1 saturated carbocycles. The van der Waals surface area contributed by atoms with E-state index in [4.69, 9.17) is 5.73 Å². The van der Waals surface area contributed by atoms with Crippen LogP contribution in [0.4, 0.5) is 0 Å². The highest BCUT2D eigenvalue weighted by Crippen LogP contribution is 2.30. The number of hydrogen-bond acceptors (Lipinski definition) is 2. The van der Waals surface area contributed by atoms with Gasteiger partial charge in [0, 0.05) is 19.1 Å². The molecule has 2 N–H and O–H groups in total. The zero-order valence-electron chi connectivity index (χ0n) is 10.5. The Balaban J connectivity index is 1.98. The molecule has 2 fully saturated rings. The van der Waals surface area contributed by atoms with Crippen molar-refractivity contribution < 1.29 is 4.79 Å². The lowest BCUT2D eigenvalue weighted by molar-refractivity contribution is -0.136. The second kappa shape index (κ2) is 4.74. The molecule has 1 saturated heterocycles. The summed E-state index contributed by atoms with van der Waals surface area (Å²) in [6.07, 6.45) is 4.49. The summed E-state index contributed by atoms with van der Waals surface area (Å²) >= 11 is 0. The molecule has 0 aromatic rings. The molecule has 1 aliphatic heterocycles. The van der Waals surface area contributed by atoms with Crippen LogP contribution in [-0.4, -0.2) is 29.9 Å². The van der Waals surface area contributed by atoms with Crippen LogP contribution in [0.5, 0.6) is 0 Å². The lowest BCUT2D eigenvalue weighted by Crippen LogP contribution is -2.48. The van der Waals surface area contributed by atoms with Crippen LogP contribution < -0.4 is 5.73 Å². The van der Waals surface area contributed by atoms with Crippen LogP contribution in [0.3, 0.4) is 0 Å². The third-order valence-corrected chi connectivity index (χ3v) is 4.35. The Hall–Kier alpha value is -0.570. The quantitative estimate of drug-likeness (QED) is 0.735. The highest BCUT2D eigenvalue weighted by molar-refractivity contribution is 5.80. The van der Waals surface area contributed by atoms with Gasteiger partial charge in [0.15, 0.2) is 0 Å². The Morgan fingerprint density at radius 2 is 2.00 bits per heavy atom. The van der Waals surface area contributed by atoms with Crippen molar-refractivity contribution >= 4 is 5.91 Å². The highest BCUT2D eigenvalue weighted by Gasteiger charge is 2.36. The van der Waals surface area contributed by atoms with E-state index in [1.807, 2.05) is 4.90 Å². The Morgan fingerprint density at radius 1 is 1.25 bits per heavy atom. The number of carbonyl (C=O) groups is 1. The third kappa shape index (κ3) is 2.24. The van der Waals surface area contributed by atoms with E-state index in [9.17, 15) is 4.79 Å². The van der Waals surface area contributed by atoms with Gasteiger partial charge in [0.2, 0.25) is 5.91 Å². The molecule has 1 amide bonds. The van der Waals surface area contributed by atoms with Gasteiger partial charge in [0.25, 0.3) is 0 Å². The number of rotatable bonds is 1. The van der Waals surface area contributed by atoms with Gasteiger partial charge in [-0.1, -0.05) is 20.3 Å². The molecule has 0 aromatic heterocycles. The van der Waals surface area contributed by atoms with Gasteiger partial charge in [-0.25, -0.2) is 0 Å². The molecule has 0 aromatic carbocycles. The average Bonchev–Trinajstić information content (AvgIpc) is 2.68. The predicted octanol–water partition coefficient (Wildman–Crippen LogP) is 1.62. The fraction of sp³-hybridized carbons (Fsp3) is 0.923. The zero-order chi connectivity index (χ0) is 11.7. The second-order valence-electron chi connectivity index (χ2n) is 5.77. The summed E-state index contributed by atoms with van der Waals surface area (Å²) in [7, 11) is 0. The Bertz CT molecular complexity index is 267. The van der Waals surface area contributed by atoms with E-state index >= 15 is 0 Å². The van der Waals surface area contributed by atoms with E-state index in [1.165, 1.54) is 6.42 Å². The van der Waals surface area contributed by atoms with Crippen molar-refractivity contribution in [3.8, 4) is 0 Å². The number of hydrogen-bond donors (Lipinski definition) is 1. The van der Waals surface area contributed by atoms with E-state index in [2.05, 4.69) is 13.8 Å². The SMILES string of the molecule is CC1CCN(C(=O)C2CCCC(C)C2N)C1. The summed E-state index contributed by atoms with van der Waals surface area (Å²) in [5.41, 5.74) is 6.18. The Morgan fingerprint density at radius 3 is 2.62 bits per heavy atom. The maximum atomic E-state index is 12.3. The largest absolute Gasteiger partial charge is 0.342 e. The first-order valence-electron chi connectivity index (χ1n) is 6.64. The zero-order valence-corrected chi connectivity index (χ0v) is 10.5. The maximum Gasteiger partial charge on any atom is 0.227 e. The molecule has 2 aliphatic rings. The van der Waals surface area contributed by atoms with Crippen LogP contribution >= 0.6 is 0 Å². The summed E-state index contributed by atoms with van der Waals surface area (Å²) < 4.78 is 0. The highest BCUT2D eigenvalue weighted by atomic mass is 16.2. The molecule has 1 aliphatic carbocycles. The minimum Gasteiger partial charge on any atom is -0.342 e. The van der Waals surface area contributed by atoms with Gasteiger partial charge >= 0.3 is 0 Å². The molecule has 4 atom stereocenters. The predicted molar refractivity (Wildman–Crippen MR) is 64.8 cm³/mol. The molecule has 3 heteroatoms. The molecule has 1 heterocycles. The van der Waals surface area contributed by atoms with Crippen molar-refractivity contribution in [2.75, 3.05) is 13.1 Å². The van der Waals surface area contributed by atoms with E-state index < -0.39 is 0 Å². The number of nitrogens with two attached hydrogens (primary N) is 1. The van der Waals surface area contributed by atoms with Gasteiger partial charge in [-0.15, -0.1) is 0 Å².